The summed E-state index contributed by atoms with van der Waals surface area (Å²) in [6.45, 7) is 8.82. The highest BCUT2D eigenvalue weighted by molar-refractivity contribution is 7.14. The van der Waals surface area contributed by atoms with Gasteiger partial charge in [-0.3, -0.25) is 20.2 Å². The van der Waals surface area contributed by atoms with Crippen LogP contribution in [0.25, 0.3) is 22.5 Å². The molecule has 2 N–H and O–H groups in total. The first kappa shape index (κ1) is 29.4. The van der Waals surface area contributed by atoms with Crippen LogP contribution in [0, 0.1) is 11.8 Å². The average molecular weight is 595 g/mol. The van der Waals surface area contributed by atoms with Gasteiger partial charge in [0.1, 0.15) is 0 Å². The Balaban J connectivity index is 1.20. The summed E-state index contributed by atoms with van der Waals surface area (Å²) >= 11 is 2.74. The van der Waals surface area contributed by atoms with Crippen molar-refractivity contribution in [1.82, 2.24) is 9.97 Å². The monoisotopic (exact) mass is 594 g/mol. The molecular formula is C34H34N4O2S2. The largest absolute Gasteiger partial charge is 0.298 e. The molecule has 0 aliphatic rings. The van der Waals surface area contributed by atoms with Crippen LogP contribution in [-0.2, 0) is 12.8 Å². The molecule has 0 spiro atoms. The Morgan fingerprint density at radius 3 is 1.43 bits per heavy atom. The first-order valence-corrected chi connectivity index (χ1v) is 15.8. The number of aromatic nitrogens is 2. The topological polar surface area (TPSA) is 84.0 Å². The van der Waals surface area contributed by atoms with Gasteiger partial charge in [0.05, 0.1) is 11.4 Å². The van der Waals surface area contributed by atoms with Gasteiger partial charge in [-0.15, -0.1) is 22.7 Å². The molecule has 0 radical (unpaired) electrons. The van der Waals surface area contributed by atoms with Gasteiger partial charge in [0.2, 0.25) is 0 Å². The third kappa shape index (κ3) is 7.57. The molecule has 42 heavy (non-hydrogen) atoms. The molecular weight excluding hydrogens is 561 g/mol. The van der Waals surface area contributed by atoms with Crippen LogP contribution in [0.15, 0.2) is 83.6 Å². The zero-order valence-electron chi connectivity index (χ0n) is 24.2. The normalized spacial score (nSPS) is 11.2. The number of nitrogens with zero attached hydrogens (tertiary/aromatic N) is 2. The Morgan fingerprint density at radius 2 is 1.05 bits per heavy atom. The maximum absolute atomic E-state index is 13.0. The number of carbonyl (C=O) groups is 2. The highest BCUT2D eigenvalue weighted by atomic mass is 32.1. The fourth-order valence-electron chi connectivity index (χ4n) is 4.63. The van der Waals surface area contributed by atoms with E-state index in [0.29, 0.717) is 33.2 Å². The van der Waals surface area contributed by atoms with Crippen LogP contribution in [0.2, 0.25) is 0 Å². The molecule has 2 aromatic heterocycles. The zero-order valence-corrected chi connectivity index (χ0v) is 25.8. The lowest BCUT2D eigenvalue weighted by atomic mass is 10.0. The van der Waals surface area contributed by atoms with E-state index in [0.717, 1.165) is 35.4 Å². The molecule has 2 amide bonds. The van der Waals surface area contributed by atoms with Crippen molar-refractivity contribution in [3.8, 4) is 22.5 Å². The lowest BCUT2D eigenvalue weighted by molar-refractivity contribution is 0.102. The highest BCUT2D eigenvalue weighted by Crippen LogP contribution is 2.27. The molecule has 0 fully saturated rings. The van der Waals surface area contributed by atoms with E-state index >= 15 is 0 Å². The van der Waals surface area contributed by atoms with Crippen LogP contribution in [0.3, 0.4) is 0 Å². The van der Waals surface area contributed by atoms with E-state index in [1.165, 1.54) is 33.8 Å². The number of rotatable bonds is 10. The molecule has 6 nitrogen and oxygen atoms in total. The number of hydrogen-bond acceptors (Lipinski definition) is 6. The Bertz CT molecular complexity index is 1550. The second kappa shape index (κ2) is 13.2. The summed E-state index contributed by atoms with van der Waals surface area (Å²) in [6, 6.07) is 23.4. The lowest BCUT2D eigenvalue weighted by Gasteiger charge is -2.06. The standard InChI is InChI=1S/C34H34N4O2S2/c1-21(2)16-23-8-12-25(13-9-23)29-19-41-33(35-29)37-31(39)27-6-5-7-28(18-27)32(40)38-34-36-30(20-42-34)26-14-10-24(11-15-26)17-22(3)4/h5-15,18-22H,16-17H2,1-4H3,(H,35,37,39)(H,36,38,40). The molecule has 5 rings (SSSR count). The molecule has 8 heteroatoms. The number of hydrogen-bond donors (Lipinski definition) is 2. The number of nitrogens with one attached hydrogen (secondary N) is 2. The summed E-state index contributed by atoms with van der Waals surface area (Å²) in [5.74, 6) is 0.555. The molecule has 3 aromatic carbocycles. The molecule has 0 saturated heterocycles. The molecule has 2 heterocycles. The Kier molecular flexibility index (Phi) is 9.25. The summed E-state index contributed by atoms with van der Waals surface area (Å²) in [5.41, 5.74) is 6.98. The molecule has 0 unspecified atom stereocenters. The lowest BCUT2D eigenvalue weighted by Crippen LogP contribution is -2.15. The minimum absolute atomic E-state index is 0.324. The predicted molar refractivity (Wildman–Crippen MR) is 175 cm³/mol. The predicted octanol–water partition coefficient (Wildman–Crippen LogP) is 8.84. The molecule has 0 saturated carbocycles. The van der Waals surface area contributed by atoms with Crippen LogP contribution >= 0.6 is 22.7 Å². The first-order chi connectivity index (χ1) is 20.2. The van der Waals surface area contributed by atoms with Gasteiger partial charge in [0.25, 0.3) is 11.8 Å². The zero-order chi connectivity index (χ0) is 29.6. The van der Waals surface area contributed by atoms with Gasteiger partial charge in [-0.1, -0.05) is 82.3 Å². The van der Waals surface area contributed by atoms with E-state index in [1.807, 2.05) is 10.8 Å². The first-order valence-electron chi connectivity index (χ1n) is 14.1. The van der Waals surface area contributed by atoms with E-state index in [9.17, 15) is 9.59 Å². The maximum atomic E-state index is 13.0. The van der Waals surface area contributed by atoms with Gasteiger partial charge >= 0.3 is 0 Å². The van der Waals surface area contributed by atoms with Crippen molar-refractivity contribution in [2.45, 2.75) is 40.5 Å². The molecule has 0 atom stereocenters. The van der Waals surface area contributed by atoms with Crippen molar-refractivity contribution in [2.24, 2.45) is 11.8 Å². The fraction of sp³-hybridized carbons (Fsp3) is 0.235. The van der Waals surface area contributed by atoms with Gasteiger partial charge < -0.3 is 0 Å². The highest BCUT2D eigenvalue weighted by Gasteiger charge is 2.15. The van der Waals surface area contributed by atoms with Gasteiger partial charge in [-0.2, -0.15) is 0 Å². The minimum Gasteiger partial charge on any atom is -0.298 e. The van der Waals surface area contributed by atoms with Crippen molar-refractivity contribution in [2.75, 3.05) is 10.6 Å². The van der Waals surface area contributed by atoms with Gasteiger partial charge in [-0.05, 0) is 54.0 Å². The van der Waals surface area contributed by atoms with Crippen LogP contribution in [0.1, 0.15) is 59.5 Å². The Labute approximate surface area is 254 Å². The molecule has 0 aliphatic heterocycles. The Hall–Kier alpha value is -4.14. The second-order valence-corrected chi connectivity index (χ2v) is 12.9. The summed E-state index contributed by atoms with van der Waals surface area (Å²) in [4.78, 5) is 35.2. The van der Waals surface area contributed by atoms with Crippen molar-refractivity contribution >= 4 is 44.8 Å². The molecule has 214 valence electrons. The smallest absolute Gasteiger partial charge is 0.257 e. The van der Waals surface area contributed by atoms with E-state index < -0.39 is 0 Å². The number of anilines is 2. The van der Waals surface area contributed by atoms with Crippen LogP contribution in [0.5, 0.6) is 0 Å². The van der Waals surface area contributed by atoms with Gasteiger partial charge in [0, 0.05) is 33.0 Å². The van der Waals surface area contributed by atoms with Gasteiger partial charge in [0.15, 0.2) is 10.3 Å². The van der Waals surface area contributed by atoms with Crippen molar-refractivity contribution < 1.29 is 9.59 Å². The number of benzene rings is 3. The van der Waals surface area contributed by atoms with E-state index in [2.05, 4.69) is 96.8 Å². The minimum atomic E-state index is -0.324. The summed E-state index contributed by atoms with van der Waals surface area (Å²) < 4.78 is 0. The second-order valence-electron chi connectivity index (χ2n) is 11.2. The molecule has 5 aromatic rings. The number of thiazole rings is 2. The van der Waals surface area contributed by atoms with Crippen molar-refractivity contribution in [1.29, 1.82) is 0 Å². The summed E-state index contributed by atoms with van der Waals surface area (Å²) in [5, 5.41) is 10.6. The summed E-state index contributed by atoms with van der Waals surface area (Å²) in [7, 11) is 0. The Morgan fingerprint density at radius 1 is 0.643 bits per heavy atom. The van der Waals surface area contributed by atoms with E-state index in [4.69, 9.17) is 0 Å². The molecule has 0 aliphatic carbocycles. The third-order valence-electron chi connectivity index (χ3n) is 6.62. The SMILES string of the molecule is CC(C)Cc1ccc(-c2csc(NC(=O)c3cccc(C(=O)Nc4nc(-c5ccc(CC(C)C)cc5)cs4)c3)n2)cc1. The van der Waals surface area contributed by atoms with Crippen LogP contribution in [-0.4, -0.2) is 21.8 Å². The number of carbonyl (C=O) groups excluding carboxylic acids is 2. The maximum Gasteiger partial charge on any atom is 0.257 e. The third-order valence-corrected chi connectivity index (χ3v) is 8.14. The fourth-order valence-corrected chi connectivity index (χ4v) is 6.06. The number of amides is 2. The quantitative estimate of drug-likeness (QED) is 0.169. The van der Waals surface area contributed by atoms with Crippen molar-refractivity contribution in [3.05, 3.63) is 106 Å². The average Bonchev–Trinajstić information content (AvgIpc) is 3.63. The van der Waals surface area contributed by atoms with Gasteiger partial charge in [-0.25, -0.2) is 9.97 Å². The van der Waals surface area contributed by atoms with Crippen LogP contribution < -0.4 is 10.6 Å². The molecule has 0 bridgehead atoms. The van der Waals surface area contributed by atoms with Crippen molar-refractivity contribution in [3.63, 3.8) is 0 Å². The van der Waals surface area contributed by atoms with E-state index in [1.54, 1.807) is 24.3 Å². The summed E-state index contributed by atoms with van der Waals surface area (Å²) in [6.07, 6.45) is 2.07. The van der Waals surface area contributed by atoms with Crippen LogP contribution in [0.4, 0.5) is 10.3 Å². The van der Waals surface area contributed by atoms with E-state index in [-0.39, 0.29) is 11.8 Å².